The molecule has 50 valence electrons. The van der Waals surface area contributed by atoms with Gasteiger partial charge in [-0.25, -0.2) is 0 Å². The number of hydrogen-bond donors (Lipinski definition) is 0. The zero-order chi connectivity index (χ0) is 6.57. The van der Waals surface area contributed by atoms with Gasteiger partial charge < -0.3 is 0 Å². The van der Waals surface area contributed by atoms with Gasteiger partial charge in [0, 0.05) is 16.7 Å². The van der Waals surface area contributed by atoms with Gasteiger partial charge in [0.05, 0.1) is 0 Å². The Hall–Kier alpha value is 2.92. The summed E-state index contributed by atoms with van der Waals surface area (Å²) in [5.74, 6) is 0. The van der Waals surface area contributed by atoms with E-state index in [2.05, 4.69) is 90.4 Å². The van der Waals surface area contributed by atoms with Crippen LogP contribution in [0.3, 0.4) is 0 Å². The number of rotatable bonds is 3. The van der Waals surface area contributed by atoms with Crippen LogP contribution in [0.4, 0.5) is 0 Å². The van der Waals surface area contributed by atoms with Gasteiger partial charge in [-0.05, 0) is 0 Å². The molecule has 0 N–H and O–H groups in total. The molecule has 0 radical (unpaired) electrons. The molecule has 0 heterocycles. The largest absolute Gasteiger partial charge is 0.0852 e. The Kier molecular flexibility index (Phi) is 9.04. The first-order valence-corrected chi connectivity index (χ1v) is 7.66. The fraction of sp³-hybridized carbons (Fsp3) is 1.00. The molecule has 0 aliphatic carbocycles. The van der Waals surface area contributed by atoms with Crippen LogP contribution in [0.5, 0.6) is 0 Å². The second-order valence-electron chi connectivity index (χ2n) is 1.34. The highest BCUT2D eigenvalue weighted by Crippen LogP contribution is 2.19. The molecule has 0 aliphatic rings. The van der Waals surface area contributed by atoms with Crippen molar-refractivity contribution in [2.45, 2.75) is 7.85 Å². The van der Waals surface area contributed by atoms with Crippen LogP contribution < -0.4 is 0 Å². The van der Waals surface area contributed by atoms with Gasteiger partial charge in [0.25, 0.3) is 0 Å². The number of alkyl halides is 4. The maximum Gasteiger partial charge on any atom is 0.0324 e. The summed E-state index contributed by atoms with van der Waals surface area (Å²) in [6, 6.07) is 0. The van der Waals surface area contributed by atoms with Crippen LogP contribution in [-0.4, -0.2) is 16.7 Å². The standard InChI is InChI=1S/C4H6I4/c5-1-3(7)4(8)2-6/h3-4H,1-2H2/t3-,4?/m1/s1. The molecule has 0 saturated carbocycles. The zero-order valence-electron chi connectivity index (χ0n) is 4.08. The first-order chi connectivity index (χ1) is 3.72. The van der Waals surface area contributed by atoms with Crippen molar-refractivity contribution in [3.63, 3.8) is 0 Å². The van der Waals surface area contributed by atoms with Gasteiger partial charge in [-0.3, -0.25) is 0 Å². The molecule has 0 fully saturated rings. The Morgan fingerprint density at radius 1 is 0.875 bits per heavy atom. The highest BCUT2D eigenvalue weighted by atomic mass is 127. The van der Waals surface area contributed by atoms with Crippen molar-refractivity contribution in [3.05, 3.63) is 0 Å². The molecule has 0 saturated heterocycles. The summed E-state index contributed by atoms with van der Waals surface area (Å²) in [5, 5.41) is 0. The van der Waals surface area contributed by atoms with Crippen LogP contribution in [0.1, 0.15) is 0 Å². The molecule has 0 rings (SSSR count). The van der Waals surface area contributed by atoms with Crippen molar-refractivity contribution in [3.8, 4) is 0 Å². The predicted octanol–water partition coefficient (Wildman–Crippen LogP) is 3.46. The molecule has 0 aliphatic heterocycles. The van der Waals surface area contributed by atoms with Gasteiger partial charge >= 0.3 is 0 Å². The molecular formula is C4H6I4. The van der Waals surface area contributed by atoms with E-state index in [0.717, 1.165) is 7.85 Å². The summed E-state index contributed by atoms with van der Waals surface area (Å²) in [7, 11) is 0. The summed E-state index contributed by atoms with van der Waals surface area (Å²) in [6.45, 7) is 0. The summed E-state index contributed by atoms with van der Waals surface area (Å²) < 4.78 is 4.25. The van der Waals surface area contributed by atoms with E-state index in [1.165, 1.54) is 8.86 Å². The Balaban J connectivity index is 3.29. The summed E-state index contributed by atoms with van der Waals surface area (Å²) in [6.07, 6.45) is 0. The topological polar surface area (TPSA) is 0 Å². The lowest BCUT2D eigenvalue weighted by Crippen LogP contribution is -2.15. The average Bonchev–Trinajstić information content (AvgIpc) is 1.84. The minimum atomic E-state index is 0.852. The average molecular weight is 562 g/mol. The van der Waals surface area contributed by atoms with Crippen molar-refractivity contribution < 1.29 is 0 Å². The SMILES string of the molecule is ICC(I)[C@H](I)CI. The third-order valence-electron chi connectivity index (χ3n) is 0.687. The van der Waals surface area contributed by atoms with Crippen molar-refractivity contribution in [2.75, 3.05) is 8.86 Å². The van der Waals surface area contributed by atoms with E-state index in [0.29, 0.717) is 0 Å². The molecular weight excluding hydrogens is 556 g/mol. The van der Waals surface area contributed by atoms with Gasteiger partial charge in [0.1, 0.15) is 0 Å². The highest BCUT2D eigenvalue weighted by Gasteiger charge is 2.11. The second-order valence-corrected chi connectivity index (χ2v) is 6.30. The van der Waals surface area contributed by atoms with Crippen LogP contribution in [0.25, 0.3) is 0 Å². The van der Waals surface area contributed by atoms with E-state index in [-0.39, 0.29) is 0 Å². The summed E-state index contributed by atoms with van der Waals surface area (Å²) in [4.78, 5) is 0. The Morgan fingerprint density at radius 2 is 1.12 bits per heavy atom. The second kappa shape index (κ2) is 6.62. The van der Waals surface area contributed by atoms with E-state index in [4.69, 9.17) is 0 Å². The molecule has 0 bridgehead atoms. The lowest BCUT2D eigenvalue weighted by molar-refractivity contribution is 1.04. The molecule has 0 aromatic rings. The molecule has 0 nitrogen and oxygen atoms in total. The quantitative estimate of drug-likeness (QED) is 0.366. The van der Waals surface area contributed by atoms with Crippen LogP contribution in [0.2, 0.25) is 0 Å². The lowest BCUT2D eigenvalue weighted by atomic mass is 10.4. The molecule has 0 amide bonds. The lowest BCUT2D eigenvalue weighted by Gasteiger charge is -2.09. The van der Waals surface area contributed by atoms with Crippen LogP contribution >= 0.6 is 90.4 Å². The Bertz CT molecular complexity index is 48.0. The molecule has 0 aromatic carbocycles. The van der Waals surface area contributed by atoms with Gasteiger partial charge in [-0.2, -0.15) is 0 Å². The van der Waals surface area contributed by atoms with Crippen molar-refractivity contribution in [2.24, 2.45) is 0 Å². The first-order valence-electron chi connectivity index (χ1n) is 2.12. The molecule has 0 aromatic heterocycles. The monoisotopic (exact) mass is 562 g/mol. The van der Waals surface area contributed by atoms with Gasteiger partial charge in [0.2, 0.25) is 0 Å². The summed E-state index contributed by atoms with van der Waals surface area (Å²) >= 11 is 9.90. The molecule has 4 heteroatoms. The van der Waals surface area contributed by atoms with E-state index < -0.39 is 0 Å². The van der Waals surface area contributed by atoms with Crippen LogP contribution in [0, 0.1) is 0 Å². The van der Waals surface area contributed by atoms with Gasteiger partial charge in [0.15, 0.2) is 0 Å². The Labute approximate surface area is 105 Å². The molecule has 8 heavy (non-hydrogen) atoms. The van der Waals surface area contributed by atoms with E-state index in [9.17, 15) is 0 Å². The van der Waals surface area contributed by atoms with Crippen LogP contribution in [-0.2, 0) is 0 Å². The van der Waals surface area contributed by atoms with E-state index in [1.54, 1.807) is 0 Å². The third kappa shape index (κ3) is 4.69. The Morgan fingerprint density at radius 3 is 1.25 bits per heavy atom. The fourth-order valence-corrected chi connectivity index (χ4v) is 3.88. The third-order valence-corrected chi connectivity index (χ3v) is 9.95. The molecule has 1 unspecified atom stereocenters. The zero-order valence-corrected chi connectivity index (χ0v) is 12.7. The van der Waals surface area contributed by atoms with Gasteiger partial charge in [-0.1, -0.05) is 90.4 Å². The molecule has 2 atom stereocenters. The van der Waals surface area contributed by atoms with Crippen molar-refractivity contribution >= 4 is 90.4 Å². The van der Waals surface area contributed by atoms with Crippen LogP contribution in [0.15, 0.2) is 0 Å². The number of halogens is 4. The van der Waals surface area contributed by atoms with Crippen molar-refractivity contribution in [1.82, 2.24) is 0 Å². The minimum Gasteiger partial charge on any atom is -0.0852 e. The highest BCUT2D eigenvalue weighted by molar-refractivity contribution is 14.1. The minimum absolute atomic E-state index is 0.852. The van der Waals surface area contributed by atoms with Gasteiger partial charge in [-0.15, -0.1) is 0 Å². The first kappa shape index (κ1) is 10.9. The maximum atomic E-state index is 2.51. The van der Waals surface area contributed by atoms with Crippen molar-refractivity contribution in [1.29, 1.82) is 0 Å². The summed E-state index contributed by atoms with van der Waals surface area (Å²) in [5.41, 5.74) is 0. The van der Waals surface area contributed by atoms with E-state index >= 15 is 0 Å². The molecule has 0 spiro atoms. The number of hydrogen-bond acceptors (Lipinski definition) is 0. The maximum absolute atomic E-state index is 2.51. The smallest absolute Gasteiger partial charge is 0.0324 e. The normalized spacial score (nSPS) is 18.0. The van der Waals surface area contributed by atoms with E-state index in [1.807, 2.05) is 0 Å². The predicted molar refractivity (Wildman–Crippen MR) is 73.4 cm³/mol. The fourth-order valence-electron chi connectivity index (χ4n) is 0.193.